The summed E-state index contributed by atoms with van der Waals surface area (Å²) in [7, 11) is 0. The van der Waals surface area contributed by atoms with Crippen molar-refractivity contribution in [2.75, 3.05) is 31.1 Å². The summed E-state index contributed by atoms with van der Waals surface area (Å²) in [5, 5.41) is 9.46. The van der Waals surface area contributed by atoms with Crippen molar-refractivity contribution in [1.29, 1.82) is 0 Å². The molecule has 0 aromatic carbocycles. The fourth-order valence-corrected chi connectivity index (χ4v) is 2.30. The summed E-state index contributed by atoms with van der Waals surface area (Å²) in [6.45, 7) is 10.5. The van der Waals surface area contributed by atoms with Crippen LogP contribution in [0, 0.1) is 0 Å². The van der Waals surface area contributed by atoms with Gasteiger partial charge in [0.05, 0.1) is 6.10 Å². The van der Waals surface area contributed by atoms with E-state index in [1.54, 1.807) is 13.1 Å². The van der Waals surface area contributed by atoms with E-state index in [4.69, 9.17) is 0 Å². The van der Waals surface area contributed by atoms with Crippen LogP contribution in [0.2, 0.25) is 0 Å². The van der Waals surface area contributed by atoms with Crippen molar-refractivity contribution in [3.05, 3.63) is 23.9 Å². The maximum absolute atomic E-state index is 9.46. The Morgan fingerprint density at radius 3 is 2.22 bits per heavy atom. The fraction of sp³-hybridized carbons (Fsp3) is 0.643. The van der Waals surface area contributed by atoms with E-state index in [-0.39, 0.29) is 0 Å². The molecule has 0 bridgehead atoms. The van der Waals surface area contributed by atoms with Gasteiger partial charge < -0.3 is 10.0 Å². The maximum Gasteiger partial charge on any atom is 0.128 e. The van der Waals surface area contributed by atoms with E-state index < -0.39 is 6.10 Å². The summed E-state index contributed by atoms with van der Waals surface area (Å²) >= 11 is 0. The Bertz CT molecular complexity index is 367. The molecule has 4 heteroatoms. The van der Waals surface area contributed by atoms with Crippen molar-refractivity contribution in [2.24, 2.45) is 0 Å². The lowest BCUT2D eigenvalue weighted by Gasteiger charge is -2.37. The summed E-state index contributed by atoms with van der Waals surface area (Å²) in [6.07, 6.45) is 1.33. The second kappa shape index (κ2) is 5.67. The Hall–Kier alpha value is -1.13. The number of nitrogens with zero attached hydrogens (tertiary/aromatic N) is 3. The molecule has 2 heterocycles. The van der Waals surface area contributed by atoms with E-state index in [1.165, 1.54) is 0 Å². The Morgan fingerprint density at radius 2 is 1.78 bits per heavy atom. The minimum absolute atomic E-state index is 0.440. The van der Waals surface area contributed by atoms with Gasteiger partial charge in [-0.2, -0.15) is 0 Å². The normalized spacial score (nSPS) is 19.3. The molecule has 100 valence electrons. The van der Waals surface area contributed by atoms with Crippen LogP contribution in [0.3, 0.4) is 0 Å². The third-order valence-electron chi connectivity index (χ3n) is 3.62. The molecule has 1 aliphatic rings. The fourth-order valence-electron chi connectivity index (χ4n) is 2.30. The van der Waals surface area contributed by atoms with E-state index in [1.807, 2.05) is 12.1 Å². The van der Waals surface area contributed by atoms with Gasteiger partial charge in [0.2, 0.25) is 0 Å². The average Bonchev–Trinajstić information content (AvgIpc) is 2.39. The summed E-state index contributed by atoms with van der Waals surface area (Å²) < 4.78 is 0. The first-order valence-corrected chi connectivity index (χ1v) is 6.71. The van der Waals surface area contributed by atoms with Crippen LogP contribution in [-0.4, -0.2) is 47.2 Å². The van der Waals surface area contributed by atoms with Gasteiger partial charge in [-0.3, -0.25) is 4.90 Å². The third kappa shape index (κ3) is 3.00. The van der Waals surface area contributed by atoms with Crippen molar-refractivity contribution in [3.8, 4) is 0 Å². The first-order chi connectivity index (χ1) is 8.58. The third-order valence-corrected chi connectivity index (χ3v) is 3.62. The van der Waals surface area contributed by atoms with E-state index >= 15 is 0 Å². The number of aliphatic hydroxyl groups is 1. The minimum Gasteiger partial charge on any atom is -0.389 e. The van der Waals surface area contributed by atoms with Gasteiger partial charge in [0.1, 0.15) is 5.82 Å². The Balaban J connectivity index is 1.97. The molecule has 0 spiro atoms. The van der Waals surface area contributed by atoms with Crippen LogP contribution in [0.15, 0.2) is 18.3 Å². The molecule has 0 radical (unpaired) electrons. The van der Waals surface area contributed by atoms with E-state index in [9.17, 15) is 5.11 Å². The molecule has 1 N–H and O–H groups in total. The summed E-state index contributed by atoms with van der Waals surface area (Å²) in [5.41, 5.74) is 0.875. The monoisotopic (exact) mass is 249 g/mol. The summed E-state index contributed by atoms with van der Waals surface area (Å²) in [4.78, 5) is 9.24. The standard InChI is InChI=1S/C14H23N3O/c1-11(2)16-6-8-17(9-7-16)14-5-4-13(10-15-14)12(3)18/h4-5,10-12,18H,6-9H2,1-3H3/t12-/m0/s1. The topological polar surface area (TPSA) is 39.6 Å². The summed E-state index contributed by atoms with van der Waals surface area (Å²) in [6, 6.07) is 4.59. The molecule has 0 amide bonds. The number of pyridine rings is 1. The van der Waals surface area contributed by atoms with Gasteiger partial charge in [0.15, 0.2) is 0 Å². The second-order valence-electron chi connectivity index (χ2n) is 5.24. The predicted molar refractivity (Wildman–Crippen MR) is 73.8 cm³/mol. The van der Waals surface area contributed by atoms with Crippen molar-refractivity contribution in [2.45, 2.75) is 32.9 Å². The molecule has 18 heavy (non-hydrogen) atoms. The van der Waals surface area contributed by atoms with E-state index in [2.05, 4.69) is 28.6 Å². The van der Waals surface area contributed by atoms with Crippen molar-refractivity contribution in [3.63, 3.8) is 0 Å². The van der Waals surface area contributed by atoms with Gasteiger partial charge in [0.25, 0.3) is 0 Å². The van der Waals surface area contributed by atoms with Crippen LogP contribution in [0.5, 0.6) is 0 Å². The SMILES string of the molecule is CC(C)N1CCN(c2ccc([C@H](C)O)cn2)CC1. The van der Waals surface area contributed by atoms with Gasteiger partial charge in [0, 0.05) is 38.4 Å². The van der Waals surface area contributed by atoms with Crippen LogP contribution >= 0.6 is 0 Å². The number of piperazine rings is 1. The first-order valence-electron chi connectivity index (χ1n) is 6.71. The molecule has 1 fully saturated rings. The molecule has 1 saturated heterocycles. The lowest BCUT2D eigenvalue weighted by molar-refractivity contribution is 0.198. The van der Waals surface area contributed by atoms with Crippen LogP contribution in [-0.2, 0) is 0 Å². The molecule has 2 rings (SSSR count). The van der Waals surface area contributed by atoms with Crippen molar-refractivity contribution >= 4 is 5.82 Å². The minimum atomic E-state index is -0.440. The van der Waals surface area contributed by atoms with Crippen LogP contribution in [0.25, 0.3) is 0 Å². The quantitative estimate of drug-likeness (QED) is 0.884. The zero-order chi connectivity index (χ0) is 13.1. The lowest BCUT2D eigenvalue weighted by atomic mass is 10.2. The molecule has 4 nitrogen and oxygen atoms in total. The number of aliphatic hydroxyl groups excluding tert-OH is 1. The smallest absolute Gasteiger partial charge is 0.128 e. The molecule has 0 unspecified atom stereocenters. The van der Waals surface area contributed by atoms with Gasteiger partial charge in [-0.15, -0.1) is 0 Å². The number of hydrogen-bond donors (Lipinski definition) is 1. The Morgan fingerprint density at radius 1 is 1.11 bits per heavy atom. The molecule has 0 saturated carbocycles. The van der Waals surface area contributed by atoms with Crippen LogP contribution in [0.1, 0.15) is 32.4 Å². The maximum atomic E-state index is 9.46. The molecule has 1 aromatic heterocycles. The molecule has 1 aliphatic heterocycles. The first kappa shape index (κ1) is 13.3. The van der Waals surface area contributed by atoms with Gasteiger partial charge in [-0.1, -0.05) is 6.07 Å². The highest BCUT2D eigenvalue weighted by Gasteiger charge is 2.19. The number of rotatable bonds is 3. The number of hydrogen-bond acceptors (Lipinski definition) is 4. The Labute approximate surface area is 109 Å². The summed E-state index contributed by atoms with van der Waals surface area (Å²) in [5.74, 6) is 1.02. The molecular weight excluding hydrogens is 226 g/mol. The number of anilines is 1. The highest BCUT2D eigenvalue weighted by Crippen LogP contribution is 2.17. The van der Waals surface area contributed by atoms with Crippen molar-refractivity contribution in [1.82, 2.24) is 9.88 Å². The largest absolute Gasteiger partial charge is 0.389 e. The highest BCUT2D eigenvalue weighted by molar-refractivity contribution is 5.40. The highest BCUT2D eigenvalue weighted by atomic mass is 16.3. The van der Waals surface area contributed by atoms with E-state index in [0.29, 0.717) is 6.04 Å². The molecule has 1 aromatic rings. The van der Waals surface area contributed by atoms with E-state index in [0.717, 1.165) is 37.6 Å². The zero-order valence-corrected chi connectivity index (χ0v) is 11.5. The van der Waals surface area contributed by atoms with Gasteiger partial charge in [-0.05, 0) is 32.4 Å². The van der Waals surface area contributed by atoms with Gasteiger partial charge in [-0.25, -0.2) is 4.98 Å². The molecular formula is C14H23N3O. The number of aromatic nitrogens is 1. The zero-order valence-electron chi connectivity index (χ0n) is 11.5. The molecule has 1 atom stereocenters. The van der Waals surface area contributed by atoms with Crippen LogP contribution < -0.4 is 4.90 Å². The molecule has 0 aliphatic carbocycles. The van der Waals surface area contributed by atoms with Crippen LogP contribution in [0.4, 0.5) is 5.82 Å². The van der Waals surface area contributed by atoms with Crippen molar-refractivity contribution < 1.29 is 5.11 Å². The lowest BCUT2D eigenvalue weighted by Crippen LogP contribution is -2.49. The Kier molecular flexibility index (Phi) is 4.19. The average molecular weight is 249 g/mol. The van der Waals surface area contributed by atoms with Gasteiger partial charge >= 0.3 is 0 Å². The predicted octanol–water partition coefficient (Wildman–Crippen LogP) is 1.67. The second-order valence-corrected chi connectivity index (χ2v) is 5.24.